The number of hydrogen-bond donors (Lipinski definition) is 2. The van der Waals surface area contributed by atoms with Gasteiger partial charge in [-0.25, -0.2) is 4.68 Å². The first-order chi connectivity index (χ1) is 12.1. The second-order valence-electron chi connectivity index (χ2n) is 5.12. The number of nitrogens with one attached hydrogen (secondary N) is 1. The van der Waals surface area contributed by atoms with Gasteiger partial charge in [0.25, 0.3) is 0 Å². The zero-order chi connectivity index (χ0) is 17.6. The molecule has 3 rings (SSSR count). The lowest BCUT2D eigenvalue weighted by molar-refractivity contribution is -0.120. The largest absolute Gasteiger partial charge is 0.461 e. The summed E-state index contributed by atoms with van der Waals surface area (Å²) in [6, 6.07) is 10.9. The van der Waals surface area contributed by atoms with Gasteiger partial charge in [-0.05, 0) is 23.8 Å². The standard InChI is InChI=1S/C16H16ClN5O2S/c17-12-5-2-1-4-11(12)10-19-14(23)7-9-25-16-21-20-15(22(16)18)13-6-3-8-24-13/h1-6,8H,7,9-10,18H2,(H,19,23). The molecule has 7 nitrogen and oxygen atoms in total. The number of carbonyl (C=O) groups excluding carboxylic acids is 1. The van der Waals surface area contributed by atoms with E-state index in [1.165, 1.54) is 16.4 Å². The minimum absolute atomic E-state index is 0.0678. The van der Waals surface area contributed by atoms with E-state index in [0.29, 0.717) is 40.5 Å². The van der Waals surface area contributed by atoms with Crippen LogP contribution >= 0.6 is 23.4 Å². The molecule has 2 aromatic heterocycles. The summed E-state index contributed by atoms with van der Waals surface area (Å²) in [5.41, 5.74) is 0.884. The molecule has 0 saturated carbocycles. The molecule has 3 aromatic rings. The molecule has 0 radical (unpaired) electrons. The van der Waals surface area contributed by atoms with Gasteiger partial charge in [0.1, 0.15) is 0 Å². The fraction of sp³-hybridized carbons (Fsp3) is 0.188. The molecule has 0 aliphatic carbocycles. The Morgan fingerprint density at radius 1 is 1.28 bits per heavy atom. The zero-order valence-corrected chi connectivity index (χ0v) is 14.8. The van der Waals surface area contributed by atoms with Gasteiger partial charge in [-0.1, -0.05) is 41.6 Å². The highest BCUT2D eigenvalue weighted by atomic mass is 35.5. The molecular formula is C16H16ClN5O2S. The first-order valence-electron chi connectivity index (χ1n) is 7.52. The average Bonchev–Trinajstić information content (AvgIpc) is 3.24. The van der Waals surface area contributed by atoms with Gasteiger partial charge in [0.2, 0.25) is 16.9 Å². The fourth-order valence-electron chi connectivity index (χ4n) is 2.11. The third-order valence-corrected chi connectivity index (χ3v) is 4.71. The Morgan fingerprint density at radius 2 is 2.12 bits per heavy atom. The third kappa shape index (κ3) is 4.34. The molecular weight excluding hydrogens is 362 g/mol. The summed E-state index contributed by atoms with van der Waals surface area (Å²) in [6.45, 7) is 0.402. The van der Waals surface area contributed by atoms with Crippen LogP contribution in [0.15, 0.2) is 52.2 Å². The van der Waals surface area contributed by atoms with Crippen molar-refractivity contribution in [1.82, 2.24) is 20.2 Å². The van der Waals surface area contributed by atoms with Crippen molar-refractivity contribution >= 4 is 29.3 Å². The normalized spacial score (nSPS) is 10.8. The predicted molar refractivity (Wildman–Crippen MR) is 96.5 cm³/mol. The van der Waals surface area contributed by atoms with E-state index < -0.39 is 0 Å². The summed E-state index contributed by atoms with van der Waals surface area (Å²) < 4.78 is 6.60. The average molecular weight is 378 g/mol. The number of benzene rings is 1. The van der Waals surface area contributed by atoms with E-state index in [0.717, 1.165) is 5.56 Å². The maximum atomic E-state index is 11.9. The van der Waals surface area contributed by atoms with Crippen molar-refractivity contribution in [3.63, 3.8) is 0 Å². The Hall–Kier alpha value is -2.45. The number of hydrogen-bond acceptors (Lipinski definition) is 6. The van der Waals surface area contributed by atoms with Gasteiger partial charge in [-0.15, -0.1) is 10.2 Å². The molecule has 0 atom stereocenters. The van der Waals surface area contributed by atoms with Crippen molar-refractivity contribution < 1.29 is 9.21 Å². The van der Waals surface area contributed by atoms with Crippen LogP contribution in [0.1, 0.15) is 12.0 Å². The van der Waals surface area contributed by atoms with Gasteiger partial charge < -0.3 is 15.6 Å². The summed E-state index contributed by atoms with van der Waals surface area (Å²) in [7, 11) is 0. The third-order valence-electron chi connectivity index (χ3n) is 3.40. The van der Waals surface area contributed by atoms with E-state index in [2.05, 4.69) is 15.5 Å². The van der Waals surface area contributed by atoms with Crippen LogP contribution in [0.25, 0.3) is 11.6 Å². The number of carbonyl (C=O) groups is 1. The monoisotopic (exact) mass is 377 g/mol. The molecule has 1 amide bonds. The molecule has 2 heterocycles. The van der Waals surface area contributed by atoms with Crippen LogP contribution in [-0.4, -0.2) is 26.5 Å². The molecule has 0 spiro atoms. The minimum atomic E-state index is -0.0678. The van der Waals surface area contributed by atoms with Crippen LogP contribution in [0.3, 0.4) is 0 Å². The van der Waals surface area contributed by atoms with Crippen molar-refractivity contribution in [3.05, 3.63) is 53.2 Å². The highest BCUT2D eigenvalue weighted by molar-refractivity contribution is 7.99. The highest BCUT2D eigenvalue weighted by Gasteiger charge is 2.14. The number of aromatic nitrogens is 3. The van der Waals surface area contributed by atoms with Crippen molar-refractivity contribution in [2.75, 3.05) is 11.6 Å². The molecule has 0 saturated heterocycles. The van der Waals surface area contributed by atoms with E-state index in [-0.39, 0.29) is 5.91 Å². The molecule has 25 heavy (non-hydrogen) atoms. The fourth-order valence-corrected chi connectivity index (χ4v) is 3.10. The zero-order valence-electron chi connectivity index (χ0n) is 13.2. The number of nitrogen functional groups attached to an aromatic ring is 1. The van der Waals surface area contributed by atoms with Crippen LogP contribution in [-0.2, 0) is 11.3 Å². The van der Waals surface area contributed by atoms with Gasteiger partial charge in [-0.3, -0.25) is 4.79 Å². The second-order valence-corrected chi connectivity index (χ2v) is 6.59. The van der Waals surface area contributed by atoms with E-state index >= 15 is 0 Å². The van der Waals surface area contributed by atoms with Gasteiger partial charge >= 0.3 is 0 Å². The number of amides is 1. The van der Waals surface area contributed by atoms with Crippen LogP contribution in [0.4, 0.5) is 0 Å². The van der Waals surface area contributed by atoms with Gasteiger partial charge in [-0.2, -0.15) is 0 Å². The smallest absolute Gasteiger partial charge is 0.221 e. The summed E-state index contributed by atoms with van der Waals surface area (Å²) in [6.07, 6.45) is 1.87. The van der Waals surface area contributed by atoms with Crippen molar-refractivity contribution in [1.29, 1.82) is 0 Å². The second kappa shape index (κ2) is 8.09. The Kier molecular flexibility index (Phi) is 5.62. The maximum absolute atomic E-state index is 11.9. The molecule has 1 aromatic carbocycles. The van der Waals surface area contributed by atoms with E-state index in [9.17, 15) is 4.79 Å². The van der Waals surface area contributed by atoms with Crippen LogP contribution in [0, 0.1) is 0 Å². The summed E-state index contributed by atoms with van der Waals surface area (Å²) >= 11 is 7.41. The highest BCUT2D eigenvalue weighted by Crippen LogP contribution is 2.22. The predicted octanol–water partition coefficient (Wildman–Crippen LogP) is 2.70. The maximum Gasteiger partial charge on any atom is 0.221 e. The summed E-state index contributed by atoms with van der Waals surface area (Å²) in [5.74, 6) is 7.40. The Labute approximate surface area is 153 Å². The Morgan fingerprint density at radius 3 is 2.88 bits per heavy atom. The molecule has 0 unspecified atom stereocenters. The van der Waals surface area contributed by atoms with E-state index in [4.69, 9.17) is 21.9 Å². The lowest BCUT2D eigenvalue weighted by Crippen LogP contribution is -2.23. The topological polar surface area (TPSA) is 99.0 Å². The summed E-state index contributed by atoms with van der Waals surface area (Å²) in [4.78, 5) is 11.9. The lowest BCUT2D eigenvalue weighted by atomic mass is 10.2. The molecule has 9 heteroatoms. The first-order valence-corrected chi connectivity index (χ1v) is 8.89. The molecule has 130 valence electrons. The van der Waals surface area contributed by atoms with Crippen LogP contribution in [0.2, 0.25) is 5.02 Å². The molecule has 0 fully saturated rings. The van der Waals surface area contributed by atoms with Crippen molar-refractivity contribution in [2.45, 2.75) is 18.1 Å². The van der Waals surface area contributed by atoms with E-state index in [1.54, 1.807) is 24.5 Å². The number of nitrogens with zero attached hydrogens (tertiary/aromatic N) is 3. The first kappa shape index (κ1) is 17.4. The number of thioether (sulfide) groups is 1. The van der Waals surface area contributed by atoms with Gasteiger partial charge in [0.15, 0.2) is 5.76 Å². The quantitative estimate of drug-likeness (QED) is 0.485. The number of rotatable bonds is 7. The molecule has 3 N–H and O–H groups in total. The molecule has 0 aliphatic rings. The van der Waals surface area contributed by atoms with Crippen molar-refractivity contribution in [3.8, 4) is 11.6 Å². The SMILES string of the molecule is Nn1c(SCCC(=O)NCc2ccccc2Cl)nnc1-c1ccco1. The molecule has 0 aliphatic heterocycles. The van der Waals surface area contributed by atoms with Crippen molar-refractivity contribution in [2.24, 2.45) is 0 Å². The molecule has 0 bridgehead atoms. The van der Waals surface area contributed by atoms with Gasteiger partial charge in [0, 0.05) is 23.7 Å². The summed E-state index contributed by atoms with van der Waals surface area (Å²) in [5, 5.41) is 12.0. The lowest BCUT2D eigenvalue weighted by Gasteiger charge is -2.06. The minimum Gasteiger partial charge on any atom is -0.461 e. The van der Waals surface area contributed by atoms with Gasteiger partial charge in [0.05, 0.1) is 6.26 Å². The van der Waals surface area contributed by atoms with Crippen LogP contribution in [0.5, 0.6) is 0 Å². The Bertz CT molecular complexity index is 850. The van der Waals surface area contributed by atoms with E-state index in [1.807, 2.05) is 18.2 Å². The number of nitrogens with two attached hydrogens (primary N) is 1. The Balaban J connectivity index is 1.47. The number of furan rings is 1. The number of halogens is 1. The van der Waals surface area contributed by atoms with Crippen LogP contribution < -0.4 is 11.2 Å².